The van der Waals surface area contributed by atoms with Crippen LogP contribution >= 0.6 is 11.6 Å². The molecule has 0 radical (unpaired) electrons. The Bertz CT molecular complexity index is 437. The topological polar surface area (TPSA) is 56.2 Å². The normalized spacial score (nSPS) is 11.0. The maximum atomic E-state index is 6.03. The smallest absolute Gasteiger partial charge is 0.161 e. The molecule has 0 aromatic carbocycles. The molecule has 5 heteroatoms. The Morgan fingerprint density at radius 3 is 3.00 bits per heavy atom. The first-order valence-electron chi connectivity index (χ1n) is 4.51. The van der Waals surface area contributed by atoms with Crippen molar-refractivity contribution in [1.82, 2.24) is 14.6 Å². The molecule has 0 spiro atoms. The average molecular weight is 211 g/mol. The van der Waals surface area contributed by atoms with E-state index in [0.717, 1.165) is 24.3 Å². The fourth-order valence-corrected chi connectivity index (χ4v) is 1.64. The molecule has 0 fully saturated rings. The molecule has 0 bridgehead atoms. The fraction of sp³-hybridized carbons (Fsp3) is 0.333. The predicted octanol–water partition coefficient (Wildman–Crippen LogP) is 1.27. The molecule has 2 heterocycles. The Balaban J connectivity index is 2.45. The van der Waals surface area contributed by atoms with Gasteiger partial charge in [-0.05, 0) is 25.1 Å². The Morgan fingerprint density at radius 2 is 2.21 bits per heavy atom. The molecule has 0 aliphatic carbocycles. The molecule has 0 saturated heterocycles. The largest absolute Gasteiger partial charge is 0.330 e. The second-order valence-corrected chi connectivity index (χ2v) is 3.44. The zero-order valence-corrected chi connectivity index (χ0v) is 8.41. The summed E-state index contributed by atoms with van der Waals surface area (Å²) in [5.74, 6) is 0.871. The third-order valence-electron chi connectivity index (χ3n) is 2.05. The number of aryl methyl sites for hydroxylation is 1. The second-order valence-electron chi connectivity index (χ2n) is 3.05. The number of nitrogens with two attached hydrogens (primary N) is 1. The van der Waals surface area contributed by atoms with Gasteiger partial charge in [0.05, 0.1) is 0 Å². The van der Waals surface area contributed by atoms with Gasteiger partial charge in [0.2, 0.25) is 0 Å². The lowest BCUT2D eigenvalue weighted by Crippen LogP contribution is -2.03. The van der Waals surface area contributed by atoms with Crippen LogP contribution in [0.4, 0.5) is 0 Å². The van der Waals surface area contributed by atoms with Gasteiger partial charge < -0.3 is 5.73 Å². The summed E-state index contributed by atoms with van der Waals surface area (Å²) in [5.41, 5.74) is 6.22. The summed E-state index contributed by atoms with van der Waals surface area (Å²) in [6, 6.07) is 5.56. The van der Waals surface area contributed by atoms with Gasteiger partial charge >= 0.3 is 0 Å². The molecule has 2 aromatic rings. The van der Waals surface area contributed by atoms with Crippen LogP contribution in [-0.2, 0) is 6.42 Å². The van der Waals surface area contributed by atoms with Crippen molar-refractivity contribution in [1.29, 1.82) is 0 Å². The van der Waals surface area contributed by atoms with Crippen molar-refractivity contribution in [2.45, 2.75) is 12.8 Å². The second kappa shape index (κ2) is 3.94. The Labute approximate surface area is 86.7 Å². The molecular weight excluding hydrogens is 200 g/mol. The van der Waals surface area contributed by atoms with Crippen LogP contribution in [0.15, 0.2) is 18.2 Å². The van der Waals surface area contributed by atoms with E-state index in [4.69, 9.17) is 17.3 Å². The molecule has 0 amide bonds. The van der Waals surface area contributed by atoms with Gasteiger partial charge in [-0.3, -0.25) is 4.40 Å². The number of pyridine rings is 1. The van der Waals surface area contributed by atoms with Crippen LogP contribution in [0, 0.1) is 0 Å². The van der Waals surface area contributed by atoms with E-state index in [0.29, 0.717) is 11.7 Å². The lowest BCUT2D eigenvalue weighted by molar-refractivity contribution is 0.770. The zero-order chi connectivity index (χ0) is 9.97. The van der Waals surface area contributed by atoms with E-state index >= 15 is 0 Å². The number of rotatable bonds is 3. The monoisotopic (exact) mass is 210 g/mol. The Morgan fingerprint density at radius 1 is 1.36 bits per heavy atom. The molecule has 14 heavy (non-hydrogen) atoms. The van der Waals surface area contributed by atoms with Crippen molar-refractivity contribution in [3.05, 3.63) is 29.2 Å². The highest BCUT2D eigenvalue weighted by atomic mass is 35.5. The molecule has 4 nitrogen and oxygen atoms in total. The standard InChI is InChI=1S/C9H11ClN4/c10-7-3-1-4-8-12-13-9(14(7)8)5-2-6-11/h1,3-4H,2,5-6,11H2. The summed E-state index contributed by atoms with van der Waals surface area (Å²) in [5, 5.41) is 8.73. The molecule has 2 aromatic heterocycles. The number of halogens is 1. The number of hydrogen-bond acceptors (Lipinski definition) is 3. The molecular formula is C9H11ClN4. The lowest BCUT2D eigenvalue weighted by Gasteiger charge is -2.00. The molecule has 2 rings (SSSR count). The highest BCUT2D eigenvalue weighted by Crippen LogP contribution is 2.13. The van der Waals surface area contributed by atoms with E-state index in [1.165, 1.54) is 0 Å². The summed E-state index contributed by atoms with van der Waals surface area (Å²) < 4.78 is 1.84. The quantitative estimate of drug-likeness (QED) is 0.777. The Kier molecular flexibility index (Phi) is 2.65. The first-order valence-corrected chi connectivity index (χ1v) is 4.89. The van der Waals surface area contributed by atoms with Gasteiger partial charge in [0.1, 0.15) is 11.0 Å². The van der Waals surface area contributed by atoms with Gasteiger partial charge in [0, 0.05) is 6.42 Å². The van der Waals surface area contributed by atoms with E-state index in [9.17, 15) is 0 Å². The highest BCUT2D eigenvalue weighted by molar-refractivity contribution is 6.29. The van der Waals surface area contributed by atoms with Crippen LogP contribution in [0.3, 0.4) is 0 Å². The van der Waals surface area contributed by atoms with E-state index in [-0.39, 0.29) is 0 Å². The average Bonchev–Trinajstić information content (AvgIpc) is 2.59. The predicted molar refractivity (Wildman–Crippen MR) is 55.4 cm³/mol. The van der Waals surface area contributed by atoms with Crippen molar-refractivity contribution >= 4 is 17.2 Å². The third kappa shape index (κ3) is 1.58. The highest BCUT2D eigenvalue weighted by Gasteiger charge is 2.06. The van der Waals surface area contributed by atoms with E-state index in [2.05, 4.69) is 10.2 Å². The Hall–Kier alpha value is -1.13. The van der Waals surface area contributed by atoms with Crippen molar-refractivity contribution < 1.29 is 0 Å². The van der Waals surface area contributed by atoms with Gasteiger partial charge in [-0.25, -0.2) is 0 Å². The minimum absolute atomic E-state index is 0.638. The SMILES string of the molecule is NCCCc1nnc2cccc(Cl)n12. The van der Waals surface area contributed by atoms with Gasteiger partial charge in [-0.2, -0.15) is 0 Å². The van der Waals surface area contributed by atoms with Crippen LogP contribution in [0.1, 0.15) is 12.2 Å². The minimum atomic E-state index is 0.638. The lowest BCUT2D eigenvalue weighted by atomic mass is 10.3. The number of fused-ring (bicyclic) bond motifs is 1. The number of aromatic nitrogens is 3. The maximum Gasteiger partial charge on any atom is 0.161 e. The minimum Gasteiger partial charge on any atom is -0.330 e. The molecule has 2 N–H and O–H groups in total. The van der Waals surface area contributed by atoms with Crippen molar-refractivity contribution in [3.8, 4) is 0 Å². The first-order chi connectivity index (χ1) is 6.83. The number of hydrogen-bond donors (Lipinski definition) is 1. The molecule has 0 saturated carbocycles. The van der Waals surface area contributed by atoms with Crippen molar-refractivity contribution in [2.24, 2.45) is 5.73 Å². The fourth-order valence-electron chi connectivity index (χ4n) is 1.38. The summed E-state index contributed by atoms with van der Waals surface area (Å²) in [6.07, 6.45) is 1.70. The van der Waals surface area contributed by atoms with Gasteiger partial charge in [0.25, 0.3) is 0 Å². The van der Waals surface area contributed by atoms with Crippen LogP contribution in [0.2, 0.25) is 5.15 Å². The van der Waals surface area contributed by atoms with Crippen molar-refractivity contribution in [2.75, 3.05) is 6.54 Å². The summed E-state index contributed by atoms with van der Waals surface area (Å²) in [4.78, 5) is 0. The van der Waals surface area contributed by atoms with Gasteiger partial charge in [0.15, 0.2) is 5.65 Å². The van der Waals surface area contributed by atoms with Crippen LogP contribution < -0.4 is 5.73 Å². The molecule has 0 aliphatic heterocycles. The third-order valence-corrected chi connectivity index (χ3v) is 2.35. The molecule has 0 unspecified atom stereocenters. The maximum absolute atomic E-state index is 6.03. The summed E-state index contributed by atoms with van der Waals surface area (Å²) in [6.45, 7) is 0.652. The summed E-state index contributed by atoms with van der Waals surface area (Å²) >= 11 is 6.03. The van der Waals surface area contributed by atoms with E-state index in [1.54, 1.807) is 0 Å². The van der Waals surface area contributed by atoms with E-state index in [1.807, 2.05) is 22.6 Å². The molecule has 0 aliphatic rings. The summed E-state index contributed by atoms with van der Waals surface area (Å²) in [7, 11) is 0. The van der Waals surface area contributed by atoms with Crippen LogP contribution in [0.5, 0.6) is 0 Å². The van der Waals surface area contributed by atoms with Crippen LogP contribution in [0.25, 0.3) is 5.65 Å². The van der Waals surface area contributed by atoms with Gasteiger partial charge in [-0.15, -0.1) is 10.2 Å². The van der Waals surface area contributed by atoms with Crippen LogP contribution in [-0.4, -0.2) is 21.1 Å². The van der Waals surface area contributed by atoms with E-state index < -0.39 is 0 Å². The molecule has 74 valence electrons. The van der Waals surface area contributed by atoms with Gasteiger partial charge in [-0.1, -0.05) is 17.7 Å². The first kappa shape index (κ1) is 9.43. The number of nitrogens with zero attached hydrogens (tertiary/aromatic N) is 3. The van der Waals surface area contributed by atoms with Crippen molar-refractivity contribution in [3.63, 3.8) is 0 Å². The zero-order valence-electron chi connectivity index (χ0n) is 7.65. The molecule has 0 atom stereocenters.